The van der Waals surface area contributed by atoms with E-state index in [-0.39, 0.29) is 17.9 Å². The van der Waals surface area contributed by atoms with Crippen LogP contribution in [0.15, 0.2) is 47.6 Å². The predicted octanol–water partition coefficient (Wildman–Crippen LogP) is 4.30. The summed E-state index contributed by atoms with van der Waals surface area (Å²) in [5.41, 5.74) is 3.03. The van der Waals surface area contributed by atoms with Gasteiger partial charge < -0.3 is 4.90 Å². The van der Waals surface area contributed by atoms with Gasteiger partial charge in [-0.15, -0.1) is 0 Å². The summed E-state index contributed by atoms with van der Waals surface area (Å²) in [4.78, 5) is 14.8. The topological polar surface area (TPSA) is 35.9 Å². The SMILES string of the molecule is Cc1ccc(F)c(C2=NN(C(=O)N3CCCC3)C(c3c[c]ccc3)C2)c1. The molecule has 2 aliphatic heterocycles. The minimum atomic E-state index is -0.303. The van der Waals surface area contributed by atoms with Gasteiger partial charge in [0.05, 0.1) is 11.8 Å². The lowest BCUT2D eigenvalue weighted by Gasteiger charge is -2.26. The van der Waals surface area contributed by atoms with Crippen LogP contribution in [0.5, 0.6) is 0 Å². The van der Waals surface area contributed by atoms with Crippen molar-refractivity contribution in [3.63, 3.8) is 0 Å². The van der Waals surface area contributed by atoms with Crippen LogP contribution in [0.1, 0.15) is 42.0 Å². The van der Waals surface area contributed by atoms with E-state index >= 15 is 0 Å². The Balaban J connectivity index is 1.71. The molecule has 0 aromatic heterocycles. The van der Waals surface area contributed by atoms with Crippen molar-refractivity contribution in [1.29, 1.82) is 0 Å². The molecular formula is C21H21FN3O. The number of benzene rings is 2. The Morgan fingerprint density at radius 1 is 1.27 bits per heavy atom. The fourth-order valence-corrected chi connectivity index (χ4v) is 3.64. The second kappa shape index (κ2) is 6.90. The lowest BCUT2D eigenvalue weighted by atomic mass is 9.97. The monoisotopic (exact) mass is 350 g/mol. The van der Waals surface area contributed by atoms with Crippen LogP contribution in [0.4, 0.5) is 9.18 Å². The van der Waals surface area contributed by atoms with Gasteiger partial charge in [-0.2, -0.15) is 5.10 Å². The maximum atomic E-state index is 14.4. The highest BCUT2D eigenvalue weighted by atomic mass is 19.1. The first-order chi connectivity index (χ1) is 12.6. The van der Waals surface area contributed by atoms with Crippen molar-refractivity contribution in [1.82, 2.24) is 9.91 Å². The van der Waals surface area contributed by atoms with E-state index in [9.17, 15) is 9.18 Å². The second-order valence-corrected chi connectivity index (χ2v) is 6.91. The molecule has 4 rings (SSSR count). The molecule has 2 aliphatic rings. The Bertz CT molecular complexity index is 844. The molecule has 0 aliphatic carbocycles. The number of carbonyl (C=O) groups excluding carboxylic acids is 1. The molecule has 0 bridgehead atoms. The first kappa shape index (κ1) is 16.8. The fourth-order valence-electron chi connectivity index (χ4n) is 3.64. The van der Waals surface area contributed by atoms with Crippen molar-refractivity contribution in [2.45, 2.75) is 32.2 Å². The zero-order chi connectivity index (χ0) is 18.1. The molecule has 5 heteroatoms. The second-order valence-electron chi connectivity index (χ2n) is 6.91. The Labute approximate surface area is 152 Å². The molecule has 0 N–H and O–H groups in total. The zero-order valence-corrected chi connectivity index (χ0v) is 14.8. The summed E-state index contributed by atoms with van der Waals surface area (Å²) in [6.07, 6.45) is 2.54. The number of hydrogen-bond acceptors (Lipinski definition) is 2. The summed E-state index contributed by atoms with van der Waals surface area (Å²) in [7, 11) is 0. The van der Waals surface area contributed by atoms with Crippen LogP contribution in [0.25, 0.3) is 0 Å². The number of nitrogens with zero attached hydrogens (tertiary/aromatic N) is 3. The Morgan fingerprint density at radius 3 is 2.81 bits per heavy atom. The number of rotatable bonds is 2. The Hall–Kier alpha value is -2.69. The average molecular weight is 350 g/mol. The molecule has 4 nitrogen and oxygen atoms in total. The molecule has 1 unspecified atom stereocenters. The van der Waals surface area contributed by atoms with Crippen LogP contribution in [0, 0.1) is 18.8 Å². The van der Waals surface area contributed by atoms with E-state index in [1.54, 1.807) is 12.1 Å². The van der Waals surface area contributed by atoms with Gasteiger partial charge in [0, 0.05) is 25.1 Å². The lowest BCUT2D eigenvalue weighted by molar-refractivity contribution is 0.151. The van der Waals surface area contributed by atoms with Crippen molar-refractivity contribution >= 4 is 11.7 Å². The van der Waals surface area contributed by atoms with Gasteiger partial charge in [0.1, 0.15) is 5.82 Å². The summed E-state index contributed by atoms with van der Waals surface area (Å²) in [5, 5.41) is 6.10. The summed E-state index contributed by atoms with van der Waals surface area (Å²) in [6.45, 7) is 3.44. The number of aryl methyl sites for hydroxylation is 1. The highest BCUT2D eigenvalue weighted by Gasteiger charge is 2.36. The van der Waals surface area contributed by atoms with E-state index in [0.29, 0.717) is 17.7 Å². The highest BCUT2D eigenvalue weighted by Crippen LogP contribution is 2.34. The van der Waals surface area contributed by atoms with Gasteiger partial charge in [-0.25, -0.2) is 14.2 Å². The molecule has 1 atom stereocenters. The summed E-state index contributed by atoms with van der Waals surface area (Å²) in [5.74, 6) is -0.303. The molecular weight excluding hydrogens is 329 g/mol. The smallest absolute Gasteiger partial charge is 0.323 e. The third-order valence-electron chi connectivity index (χ3n) is 5.03. The van der Waals surface area contributed by atoms with Gasteiger partial charge in [-0.3, -0.25) is 0 Å². The quantitative estimate of drug-likeness (QED) is 0.795. The van der Waals surface area contributed by atoms with E-state index in [1.165, 1.54) is 11.1 Å². The minimum absolute atomic E-state index is 0.0978. The average Bonchev–Trinajstić information content (AvgIpc) is 3.34. The van der Waals surface area contributed by atoms with Crippen molar-refractivity contribution in [3.8, 4) is 0 Å². The number of halogens is 1. The number of hydrogen-bond donors (Lipinski definition) is 0. The van der Waals surface area contributed by atoms with Crippen LogP contribution in [0.2, 0.25) is 0 Å². The standard InChI is InChI=1S/C21H21FN3O/c1-15-9-10-18(22)17(13-15)19-14-20(16-7-3-2-4-8-16)25(23-19)21(26)24-11-5-6-12-24/h2-3,7-10,13,20H,5-6,11-12,14H2,1H3. The third-order valence-corrected chi connectivity index (χ3v) is 5.03. The van der Waals surface area contributed by atoms with Crippen molar-refractivity contribution < 1.29 is 9.18 Å². The summed E-state index contributed by atoms with van der Waals surface area (Å²) in [6, 6.07) is 15.3. The first-order valence-corrected chi connectivity index (χ1v) is 9.01. The minimum Gasteiger partial charge on any atom is -0.323 e. The van der Waals surface area contributed by atoms with E-state index in [2.05, 4.69) is 11.2 Å². The summed E-state index contributed by atoms with van der Waals surface area (Å²) < 4.78 is 14.4. The zero-order valence-electron chi connectivity index (χ0n) is 14.8. The Kier molecular flexibility index (Phi) is 4.45. The lowest BCUT2D eigenvalue weighted by Crippen LogP contribution is -2.39. The number of hydrazone groups is 1. The van der Waals surface area contributed by atoms with E-state index in [4.69, 9.17) is 0 Å². The molecule has 2 amide bonds. The molecule has 2 aromatic rings. The van der Waals surface area contributed by atoms with Gasteiger partial charge in [0.25, 0.3) is 0 Å². The van der Waals surface area contributed by atoms with Crippen LogP contribution in [-0.4, -0.2) is 34.7 Å². The fraction of sp³-hybridized carbons (Fsp3) is 0.333. The van der Waals surface area contributed by atoms with Gasteiger partial charge >= 0.3 is 6.03 Å². The number of urea groups is 1. The van der Waals surface area contributed by atoms with E-state index in [1.807, 2.05) is 36.1 Å². The normalized spacial score (nSPS) is 19.8. The van der Waals surface area contributed by atoms with Crippen molar-refractivity contribution in [2.24, 2.45) is 5.10 Å². The molecule has 133 valence electrons. The maximum Gasteiger partial charge on any atom is 0.341 e. The Morgan fingerprint density at radius 2 is 2.08 bits per heavy atom. The molecule has 0 spiro atoms. The van der Waals surface area contributed by atoms with Gasteiger partial charge in [0.2, 0.25) is 0 Å². The third kappa shape index (κ3) is 3.09. The number of carbonyl (C=O) groups is 1. The van der Waals surface area contributed by atoms with Gasteiger partial charge in [-0.1, -0.05) is 29.8 Å². The molecule has 26 heavy (non-hydrogen) atoms. The van der Waals surface area contributed by atoms with Gasteiger partial charge in [-0.05, 0) is 49.6 Å². The molecule has 2 aromatic carbocycles. The number of amides is 2. The van der Waals surface area contributed by atoms with Crippen LogP contribution in [0.3, 0.4) is 0 Å². The van der Waals surface area contributed by atoms with Crippen molar-refractivity contribution in [2.75, 3.05) is 13.1 Å². The maximum absolute atomic E-state index is 14.4. The van der Waals surface area contributed by atoms with Crippen LogP contribution in [-0.2, 0) is 0 Å². The van der Waals surface area contributed by atoms with Crippen LogP contribution < -0.4 is 0 Å². The molecule has 1 fully saturated rings. The van der Waals surface area contributed by atoms with Crippen molar-refractivity contribution in [3.05, 3.63) is 71.0 Å². The van der Waals surface area contributed by atoms with Gasteiger partial charge in [0.15, 0.2) is 0 Å². The molecule has 1 radical (unpaired) electrons. The largest absolute Gasteiger partial charge is 0.341 e. The molecule has 2 heterocycles. The van der Waals surface area contributed by atoms with Crippen LogP contribution >= 0.6 is 0 Å². The first-order valence-electron chi connectivity index (χ1n) is 9.01. The summed E-state index contributed by atoms with van der Waals surface area (Å²) >= 11 is 0. The highest BCUT2D eigenvalue weighted by molar-refractivity contribution is 6.03. The van der Waals surface area contributed by atoms with E-state index < -0.39 is 0 Å². The molecule has 1 saturated heterocycles. The molecule has 0 saturated carbocycles. The predicted molar refractivity (Wildman–Crippen MR) is 98.4 cm³/mol. The number of likely N-dealkylation sites (tertiary alicyclic amines) is 1. The van der Waals surface area contributed by atoms with E-state index in [0.717, 1.165) is 37.1 Å².